The molecular formula is C12H16N2O. The van der Waals surface area contributed by atoms with E-state index in [9.17, 15) is 0 Å². The van der Waals surface area contributed by atoms with Crippen LogP contribution in [0.4, 0.5) is 0 Å². The number of hydrogen-bond donors (Lipinski definition) is 1. The number of hydrogen-bond acceptors (Lipinski definition) is 2. The SMILES string of the molecule is CC(NCc1cccn1C)c1ccoc1. The van der Waals surface area contributed by atoms with Gasteiger partial charge in [-0.25, -0.2) is 0 Å². The lowest BCUT2D eigenvalue weighted by Gasteiger charge is -2.12. The summed E-state index contributed by atoms with van der Waals surface area (Å²) >= 11 is 0. The van der Waals surface area contributed by atoms with Gasteiger partial charge < -0.3 is 14.3 Å². The first-order valence-electron chi connectivity index (χ1n) is 5.13. The molecule has 0 fully saturated rings. The fourth-order valence-corrected chi connectivity index (χ4v) is 1.58. The van der Waals surface area contributed by atoms with Crippen LogP contribution in [0.15, 0.2) is 41.3 Å². The lowest BCUT2D eigenvalue weighted by molar-refractivity contribution is 0.532. The van der Waals surface area contributed by atoms with Crippen molar-refractivity contribution in [2.75, 3.05) is 0 Å². The first kappa shape index (κ1) is 10.1. The zero-order valence-electron chi connectivity index (χ0n) is 9.10. The van der Waals surface area contributed by atoms with Crippen LogP contribution in [0.25, 0.3) is 0 Å². The molecule has 2 aromatic heterocycles. The molecule has 3 nitrogen and oxygen atoms in total. The van der Waals surface area contributed by atoms with Crippen LogP contribution in [-0.2, 0) is 13.6 Å². The third kappa shape index (κ3) is 2.30. The number of aromatic nitrogens is 1. The van der Waals surface area contributed by atoms with Gasteiger partial charge in [-0.1, -0.05) is 0 Å². The molecule has 1 unspecified atom stereocenters. The van der Waals surface area contributed by atoms with Crippen molar-refractivity contribution in [1.82, 2.24) is 9.88 Å². The van der Waals surface area contributed by atoms with Crippen LogP contribution in [0.1, 0.15) is 24.2 Å². The van der Waals surface area contributed by atoms with Crippen molar-refractivity contribution in [3.63, 3.8) is 0 Å². The molecule has 0 radical (unpaired) electrons. The summed E-state index contributed by atoms with van der Waals surface area (Å²) in [6, 6.07) is 6.48. The predicted molar refractivity (Wildman–Crippen MR) is 59.4 cm³/mol. The largest absolute Gasteiger partial charge is 0.472 e. The summed E-state index contributed by atoms with van der Waals surface area (Å²) in [5.74, 6) is 0. The van der Waals surface area contributed by atoms with E-state index in [0.29, 0.717) is 6.04 Å². The highest BCUT2D eigenvalue weighted by Gasteiger charge is 2.06. The molecule has 0 aliphatic rings. The van der Waals surface area contributed by atoms with Crippen molar-refractivity contribution in [3.05, 3.63) is 48.2 Å². The molecule has 0 aliphatic carbocycles. The van der Waals surface area contributed by atoms with E-state index in [-0.39, 0.29) is 0 Å². The van der Waals surface area contributed by atoms with Gasteiger partial charge in [0.25, 0.3) is 0 Å². The summed E-state index contributed by atoms with van der Waals surface area (Å²) in [6.45, 7) is 3.00. The second-order valence-electron chi connectivity index (χ2n) is 3.77. The molecule has 0 aliphatic heterocycles. The maximum atomic E-state index is 5.05. The molecular weight excluding hydrogens is 188 g/mol. The van der Waals surface area contributed by atoms with E-state index in [1.54, 1.807) is 12.5 Å². The van der Waals surface area contributed by atoms with Crippen LogP contribution < -0.4 is 5.32 Å². The van der Waals surface area contributed by atoms with Gasteiger partial charge in [-0.3, -0.25) is 0 Å². The van der Waals surface area contributed by atoms with E-state index >= 15 is 0 Å². The first-order valence-corrected chi connectivity index (χ1v) is 5.13. The van der Waals surface area contributed by atoms with Crippen molar-refractivity contribution < 1.29 is 4.42 Å². The molecule has 0 aromatic carbocycles. The minimum Gasteiger partial charge on any atom is -0.472 e. The van der Waals surface area contributed by atoms with Gasteiger partial charge in [0.15, 0.2) is 0 Å². The topological polar surface area (TPSA) is 30.1 Å². The maximum absolute atomic E-state index is 5.05. The number of furan rings is 1. The summed E-state index contributed by atoms with van der Waals surface area (Å²) in [5, 5.41) is 3.45. The molecule has 0 bridgehead atoms. The fourth-order valence-electron chi connectivity index (χ4n) is 1.58. The Labute approximate surface area is 89.7 Å². The van der Waals surface area contributed by atoms with Crippen LogP contribution in [0.2, 0.25) is 0 Å². The van der Waals surface area contributed by atoms with E-state index < -0.39 is 0 Å². The Hall–Kier alpha value is -1.48. The molecule has 2 rings (SSSR count). The van der Waals surface area contributed by atoms with Crippen LogP contribution >= 0.6 is 0 Å². The van der Waals surface area contributed by atoms with E-state index in [2.05, 4.69) is 42.2 Å². The standard InChI is InChI=1S/C12H16N2O/c1-10(11-5-7-15-9-11)13-8-12-4-3-6-14(12)2/h3-7,9-10,13H,8H2,1-2H3. The molecule has 0 spiro atoms. The van der Waals surface area contributed by atoms with E-state index in [4.69, 9.17) is 4.42 Å². The minimum atomic E-state index is 0.318. The first-order chi connectivity index (χ1) is 7.27. The lowest BCUT2D eigenvalue weighted by Crippen LogP contribution is -2.18. The van der Waals surface area contributed by atoms with Gasteiger partial charge in [-0.15, -0.1) is 0 Å². The molecule has 80 valence electrons. The fraction of sp³-hybridized carbons (Fsp3) is 0.333. The van der Waals surface area contributed by atoms with Gasteiger partial charge >= 0.3 is 0 Å². The Kier molecular flexibility index (Phi) is 2.92. The van der Waals surface area contributed by atoms with Gasteiger partial charge in [0.1, 0.15) is 0 Å². The maximum Gasteiger partial charge on any atom is 0.0950 e. The summed E-state index contributed by atoms with van der Waals surface area (Å²) < 4.78 is 7.17. The second-order valence-corrected chi connectivity index (χ2v) is 3.77. The van der Waals surface area contributed by atoms with Gasteiger partial charge in [-0.05, 0) is 25.1 Å². The molecule has 0 saturated heterocycles. The molecule has 0 saturated carbocycles. The summed E-state index contributed by atoms with van der Waals surface area (Å²) in [7, 11) is 2.06. The van der Waals surface area contributed by atoms with Crippen molar-refractivity contribution in [3.8, 4) is 0 Å². The third-order valence-corrected chi connectivity index (χ3v) is 2.68. The summed E-state index contributed by atoms with van der Waals surface area (Å²) in [5.41, 5.74) is 2.47. The number of rotatable bonds is 4. The van der Waals surface area contributed by atoms with Gasteiger partial charge in [0.2, 0.25) is 0 Å². The molecule has 1 atom stereocenters. The van der Waals surface area contributed by atoms with E-state index in [1.807, 2.05) is 6.07 Å². The average molecular weight is 204 g/mol. The normalized spacial score (nSPS) is 12.9. The molecule has 2 heterocycles. The zero-order chi connectivity index (χ0) is 10.7. The molecule has 3 heteroatoms. The minimum absolute atomic E-state index is 0.318. The van der Waals surface area contributed by atoms with Crippen molar-refractivity contribution in [1.29, 1.82) is 0 Å². The van der Waals surface area contributed by atoms with Crippen LogP contribution in [0.3, 0.4) is 0 Å². The van der Waals surface area contributed by atoms with Gasteiger partial charge in [0.05, 0.1) is 12.5 Å². The number of nitrogens with zero attached hydrogens (tertiary/aromatic N) is 1. The summed E-state index contributed by atoms with van der Waals surface area (Å²) in [6.07, 6.45) is 5.54. The van der Waals surface area contributed by atoms with Crippen LogP contribution in [0.5, 0.6) is 0 Å². The Morgan fingerprint density at radius 2 is 2.33 bits per heavy atom. The number of aryl methyl sites for hydroxylation is 1. The average Bonchev–Trinajstić information content (AvgIpc) is 2.85. The highest BCUT2D eigenvalue weighted by molar-refractivity contribution is 5.11. The molecule has 2 aromatic rings. The smallest absolute Gasteiger partial charge is 0.0950 e. The van der Waals surface area contributed by atoms with Gasteiger partial charge in [0, 0.05) is 37.1 Å². The monoisotopic (exact) mass is 204 g/mol. The van der Waals surface area contributed by atoms with E-state index in [0.717, 1.165) is 6.54 Å². The van der Waals surface area contributed by atoms with Crippen molar-refractivity contribution in [2.45, 2.75) is 19.5 Å². The third-order valence-electron chi connectivity index (χ3n) is 2.68. The number of nitrogens with one attached hydrogen (secondary N) is 1. The molecule has 1 N–H and O–H groups in total. The van der Waals surface area contributed by atoms with Crippen LogP contribution in [0, 0.1) is 0 Å². The highest BCUT2D eigenvalue weighted by Crippen LogP contribution is 2.13. The van der Waals surface area contributed by atoms with Gasteiger partial charge in [-0.2, -0.15) is 0 Å². The molecule has 15 heavy (non-hydrogen) atoms. The highest BCUT2D eigenvalue weighted by atomic mass is 16.3. The Bertz CT molecular complexity index is 403. The Morgan fingerprint density at radius 1 is 1.47 bits per heavy atom. The zero-order valence-corrected chi connectivity index (χ0v) is 9.10. The quantitative estimate of drug-likeness (QED) is 0.829. The molecule has 0 amide bonds. The summed E-state index contributed by atoms with van der Waals surface area (Å²) in [4.78, 5) is 0. The van der Waals surface area contributed by atoms with E-state index in [1.165, 1.54) is 11.3 Å². The second kappa shape index (κ2) is 4.36. The van der Waals surface area contributed by atoms with Crippen molar-refractivity contribution >= 4 is 0 Å². The Morgan fingerprint density at radius 3 is 2.93 bits per heavy atom. The predicted octanol–water partition coefficient (Wildman–Crippen LogP) is 2.47. The van der Waals surface area contributed by atoms with Crippen LogP contribution in [-0.4, -0.2) is 4.57 Å². The van der Waals surface area contributed by atoms with Crippen molar-refractivity contribution in [2.24, 2.45) is 7.05 Å². The lowest BCUT2D eigenvalue weighted by atomic mass is 10.2. The Balaban J connectivity index is 1.91.